The van der Waals surface area contributed by atoms with E-state index in [1.807, 2.05) is 0 Å². The lowest BCUT2D eigenvalue weighted by Crippen LogP contribution is -2.11. The van der Waals surface area contributed by atoms with Crippen molar-refractivity contribution in [1.29, 1.82) is 0 Å². The van der Waals surface area contributed by atoms with Crippen LogP contribution in [0.5, 0.6) is 0 Å². The molecule has 6 nitrogen and oxygen atoms in total. The molecule has 1 fully saturated rings. The Morgan fingerprint density at radius 1 is 1.47 bits per heavy atom. The van der Waals surface area contributed by atoms with Crippen LogP contribution in [0.15, 0.2) is 11.2 Å². The van der Waals surface area contributed by atoms with E-state index < -0.39 is 15.8 Å². The highest BCUT2D eigenvalue weighted by molar-refractivity contribution is 7.90. The Morgan fingerprint density at radius 2 is 2.12 bits per heavy atom. The Labute approximate surface area is 98.6 Å². The molecular weight excluding hydrogens is 244 g/mol. The minimum absolute atomic E-state index is 0.245. The molecule has 1 aliphatic rings. The maximum absolute atomic E-state index is 11.4. The summed E-state index contributed by atoms with van der Waals surface area (Å²) in [5.74, 6) is -0.782. The van der Waals surface area contributed by atoms with Crippen molar-refractivity contribution in [3.8, 4) is 0 Å². The van der Waals surface area contributed by atoms with Gasteiger partial charge in [0.25, 0.3) is 0 Å². The number of hydrogen-bond donors (Lipinski definition) is 1. The Kier molecular flexibility index (Phi) is 2.86. The Hall–Kier alpha value is -1.50. The van der Waals surface area contributed by atoms with Gasteiger partial charge in [-0.05, 0) is 18.9 Å². The standard InChI is InChI=1S/C10H12N2O4S/c1-17(15,16)10-11-7(5-9(13)14)4-8(12-10)6-2-3-6/h4,6H,2-3,5H2,1H3,(H,13,14). The van der Waals surface area contributed by atoms with Crippen molar-refractivity contribution in [1.82, 2.24) is 9.97 Å². The van der Waals surface area contributed by atoms with Crippen LogP contribution in [0.2, 0.25) is 0 Å². The molecule has 0 aliphatic heterocycles. The van der Waals surface area contributed by atoms with Gasteiger partial charge in [0.05, 0.1) is 12.1 Å². The zero-order chi connectivity index (χ0) is 12.6. The van der Waals surface area contributed by atoms with E-state index >= 15 is 0 Å². The zero-order valence-corrected chi connectivity index (χ0v) is 10.1. The minimum atomic E-state index is -3.50. The van der Waals surface area contributed by atoms with Crippen molar-refractivity contribution in [2.45, 2.75) is 30.3 Å². The molecule has 0 spiro atoms. The van der Waals surface area contributed by atoms with Crippen molar-refractivity contribution in [3.63, 3.8) is 0 Å². The molecule has 92 valence electrons. The van der Waals surface area contributed by atoms with E-state index in [9.17, 15) is 13.2 Å². The molecule has 0 bridgehead atoms. The van der Waals surface area contributed by atoms with Gasteiger partial charge in [-0.2, -0.15) is 0 Å². The fraction of sp³-hybridized carbons (Fsp3) is 0.500. The fourth-order valence-electron chi connectivity index (χ4n) is 1.49. The summed E-state index contributed by atoms with van der Waals surface area (Å²) in [4.78, 5) is 18.4. The first-order chi connectivity index (χ1) is 7.86. The van der Waals surface area contributed by atoms with Gasteiger partial charge in [0.2, 0.25) is 15.0 Å². The Bertz CT molecular complexity index is 564. The third-order valence-electron chi connectivity index (χ3n) is 2.44. The van der Waals surface area contributed by atoms with Crippen LogP contribution in [-0.4, -0.2) is 35.7 Å². The van der Waals surface area contributed by atoms with Crippen LogP contribution in [0.1, 0.15) is 30.1 Å². The lowest BCUT2D eigenvalue weighted by Gasteiger charge is -2.04. The van der Waals surface area contributed by atoms with E-state index in [1.165, 1.54) is 0 Å². The van der Waals surface area contributed by atoms with Gasteiger partial charge < -0.3 is 5.11 Å². The Balaban J connectivity index is 2.45. The first-order valence-electron chi connectivity index (χ1n) is 5.16. The molecule has 1 aromatic heterocycles. The second-order valence-electron chi connectivity index (χ2n) is 4.18. The van der Waals surface area contributed by atoms with Crippen LogP contribution in [0.4, 0.5) is 0 Å². The summed E-state index contributed by atoms with van der Waals surface area (Å²) in [6.45, 7) is 0. The number of nitrogens with zero attached hydrogens (tertiary/aromatic N) is 2. The first-order valence-corrected chi connectivity index (χ1v) is 7.05. The molecule has 1 heterocycles. The number of carbonyl (C=O) groups is 1. The predicted molar refractivity (Wildman–Crippen MR) is 58.5 cm³/mol. The molecular formula is C10H12N2O4S. The first kappa shape index (κ1) is 12.0. The molecule has 7 heteroatoms. The van der Waals surface area contributed by atoms with Crippen LogP contribution in [-0.2, 0) is 21.1 Å². The normalized spacial score (nSPS) is 15.8. The van der Waals surface area contributed by atoms with Crippen LogP contribution < -0.4 is 0 Å². The smallest absolute Gasteiger partial charge is 0.309 e. The summed E-state index contributed by atoms with van der Waals surface area (Å²) >= 11 is 0. The van der Waals surface area contributed by atoms with Gasteiger partial charge in [-0.15, -0.1) is 0 Å². The number of rotatable bonds is 4. The molecule has 1 aromatic rings. The predicted octanol–water partition coefficient (Wildman–Crippen LogP) is 0.385. The van der Waals surface area contributed by atoms with E-state index in [0.717, 1.165) is 19.1 Å². The highest BCUT2D eigenvalue weighted by Gasteiger charge is 2.27. The van der Waals surface area contributed by atoms with E-state index in [2.05, 4.69) is 9.97 Å². The summed E-state index contributed by atoms with van der Waals surface area (Å²) in [5.41, 5.74) is 0.881. The molecule has 0 saturated heterocycles. The van der Waals surface area contributed by atoms with E-state index in [1.54, 1.807) is 6.07 Å². The third kappa shape index (κ3) is 3.00. The molecule has 0 atom stereocenters. The number of hydrogen-bond acceptors (Lipinski definition) is 5. The van der Waals surface area contributed by atoms with E-state index in [4.69, 9.17) is 5.11 Å². The van der Waals surface area contributed by atoms with Gasteiger partial charge >= 0.3 is 5.97 Å². The molecule has 1 aliphatic carbocycles. The van der Waals surface area contributed by atoms with Crippen molar-refractivity contribution in [2.24, 2.45) is 0 Å². The summed E-state index contributed by atoms with van der Waals surface area (Å²) in [7, 11) is -3.50. The largest absolute Gasteiger partial charge is 0.481 e. The van der Waals surface area contributed by atoms with Crippen LogP contribution in [0.3, 0.4) is 0 Å². The average Bonchev–Trinajstić information content (AvgIpc) is 2.97. The molecule has 1 N–H and O–H groups in total. The minimum Gasteiger partial charge on any atom is -0.481 e. The number of aliphatic carboxylic acids is 1. The van der Waals surface area contributed by atoms with Gasteiger partial charge in [0, 0.05) is 17.9 Å². The molecule has 0 aromatic carbocycles. The quantitative estimate of drug-likeness (QED) is 0.782. The van der Waals surface area contributed by atoms with E-state index in [0.29, 0.717) is 5.69 Å². The van der Waals surface area contributed by atoms with Crippen molar-refractivity contribution < 1.29 is 18.3 Å². The molecule has 0 unspecified atom stereocenters. The summed E-state index contributed by atoms with van der Waals surface area (Å²) in [6.07, 6.45) is 2.66. The highest BCUT2D eigenvalue weighted by Crippen LogP contribution is 2.39. The summed E-state index contributed by atoms with van der Waals surface area (Å²) in [5, 5.41) is 8.42. The van der Waals surface area contributed by atoms with Crippen LogP contribution in [0.25, 0.3) is 0 Å². The summed E-state index contributed by atoms with van der Waals surface area (Å²) < 4.78 is 22.8. The van der Waals surface area contributed by atoms with Gasteiger partial charge in [-0.25, -0.2) is 18.4 Å². The lowest BCUT2D eigenvalue weighted by molar-refractivity contribution is -0.136. The maximum atomic E-state index is 11.4. The maximum Gasteiger partial charge on any atom is 0.309 e. The van der Waals surface area contributed by atoms with Gasteiger partial charge in [-0.1, -0.05) is 0 Å². The number of aromatic nitrogens is 2. The zero-order valence-electron chi connectivity index (χ0n) is 9.25. The SMILES string of the molecule is CS(=O)(=O)c1nc(CC(=O)O)cc(C2CC2)n1. The van der Waals surface area contributed by atoms with Crippen molar-refractivity contribution in [3.05, 3.63) is 17.5 Å². The summed E-state index contributed by atoms with van der Waals surface area (Å²) in [6, 6.07) is 1.58. The monoisotopic (exact) mass is 256 g/mol. The second kappa shape index (κ2) is 4.06. The van der Waals surface area contributed by atoms with Crippen LogP contribution in [0, 0.1) is 0 Å². The highest BCUT2D eigenvalue weighted by atomic mass is 32.2. The molecule has 0 amide bonds. The average molecular weight is 256 g/mol. The lowest BCUT2D eigenvalue weighted by atomic mass is 10.2. The fourth-order valence-corrected chi connectivity index (χ4v) is 2.05. The van der Waals surface area contributed by atoms with Gasteiger partial charge in [0.15, 0.2) is 0 Å². The number of carboxylic acids is 1. The van der Waals surface area contributed by atoms with Crippen molar-refractivity contribution in [2.75, 3.05) is 6.26 Å². The molecule has 0 radical (unpaired) electrons. The molecule has 2 rings (SSSR count). The Morgan fingerprint density at radius 3 is 2.59 bits per heavy atom. The third-order valence-corrected chi connectivity index (χ3v) is 3.28. The topological polar surface area (TPSA) is 97.2 Å². The second-order valence-corrected chi connectivity index (χ2v) is 6.09. The number of sulfone groups is 1. The van der Waals surface area contributed by atoms with Crippen LogP contribution >= 0.6 is 0 Å². The van der Waals surface area contributed by atoms with E-state index in [-0.39, 0.29) is 23.2 Å². The van der Waals surface area contributed by atoms with Crippen molar-refractivity contribution >= 4 is 15.8 Å². The molecule has 1 saturated carbocycles. The van der Waals surface area contributed by atoms with Gasteiger partial charge in [-0.3, -0.25) is 4.79 Å². The number of carboxylic acid groups (broad SMARTS) is 1. The van der Waals surface area contributed by atoms with Gasteiger partial charge in [0.1, 0.15) is 0 Å². The molecule has 17 heavy (non-hydrogen) atoms.